The van der Waals surface area contributed by atoms with Crippen LogP contribution in [0.1, 0.15) is 37.5 Å². The van der Waals surface area contributed by atoms with Crippen LogP contribution < -0.4 is 0 Å². The van der Waals surface area contributed by atoms with Crippen LogP contribution in [0.5, 0.6) is 0 Å². The van der Waals surface area contributed by atoms with Gasteiger partial charge in [0.1, 0.15) is 11.9 Å². The van der Waals surface area contributed by atoms with E-state index in [4.69, 9.17) is 14.7 Å². The molecule has 0 radical (unpaired) electrons. The Balaban J connectivity index is 2.15. The van der Waals surface area contributed by atoms with Gasteiger partial charge in [-0.15, -0.1) is 0 Å². The number of carbonyl (C=O) groups is 1. The molecule has 0 N–H and O–H groups in total. The third-order valence-electron chi connectivity index (χ3n) is 2.72. The molecule has 0 fully saturated rings. The number of nitriles is 1. The highest BCUT2D eigenvalue weighted by Crippen LogP contribution is 2.30. The van der Waals surface area contributed by atoms with E-state index in [9.17, 15) is 4.79 Å². The van der Waals surface area contributed by atoms with Crippen molar-refractivity contribution in [2.45, 2.75) is 32.5 Å². The summed E-state index contributed by atoms with van der Waals surface area (Å²) in [6.07, 6.45) is 1.59. The van der Waals surface area contributed by atoms with Crippen molar-refractivity contribution >= 4 is 5.97 Å². The molecule has 1 aromatic carbocycles. The molecule has 0 saturated carbocycles. The van der Waals surface area contributed by atoms with Crippen molar-refractivity contribution in [3.8, 4) is 6.07 Å². The predicted octanol–water partition coefficient (Wildman–Crippen LogP) is 2.86. The highest BCUT2D eigenvalue weighted by Gasteiger charge is 2.24. The Labute approximate surface area is 112 Å². The van der Waals surface area contributed by atoms with E-state index in [1.54, 1.807) is 24.3 Å². The highest BCUT2D eigenvalue weighted by molar-refractivity contribution is 5.83. The quantitative estimate of drug-likeness (QED) is 0.781. The number of esters is 1. The Morgan fingerprint density at radius 2 is 2.05 bits per heavy atom. The predicted molar refractivity (Wildman–Crippen MR) is 68.9 cm³/mol. The molecule has 0 aromatic heterocycles. The van der Waals surface area contributed by atoms with Gasteiger partial charge in [-0.3, -0.25) is 0 Å². The average molecular weight is 257 g/mol. The number of hydrogen-bond acceptors (Lipinski definition) is 4. The summed E-state index contributed by atoms with van der Waals surface area (Å²) in [6, 6.07) is 9.08. The van der Waals surface area contributed by atoms with Crippen LogP contribution in [0.2, 0.25) is 0 Å². The zero-order valence-corrected chi connectivity index (χ0v) is 10.9. The summed E-state index contributed by atoms with van der Waals surface area (Å²) in [5.41, 5.74) is 1.45. The van der Waals surface area contributed by atoms with Gasteiger partial charge in [-0.05, 0) is 31.5 Å². The van der Waals surface area contributed by atoms with E-state index in [1.807, 2.05) is 13.8 Å². The van der Waals surface area contributed by atoms with Crippen LogP contribution >= 0.6 is 0 Å². The van der Waals surface area contributed by atoms with Crippen LogP contribution in [0, 0.1) is 11.3 Å². The molecule has 1 unspecified atom stereocenters. The minimum atomic E-state index is -0.392. The summed E-state index contributed by atoms with van der Waals surface area (Å²) in [6.45, 7) is 3.83. The smallest absolute Gasteiger partial charge is 0.334 e. The van der Waals surface area contributed by atoms with Gasteiger partial charge in [0.05, 0.1) is 23.8 Å². The fourth-order valence-corrected chi connectivity index (χ4v) is 1.93. The van der Waals surface area contributed by atoms with Gasteiger partial charge in [0.25, 0.3) is 0 Å². The zero-order valence-electron chi connectivity index (χ0n) is 10.9. The number of hydrogen-bond donors (Lipinski definition) is 0. The normalized spacial score (nSPS) is 18.5. The fourth-order valence-electron chi connectivity index (χ4n) is 1.93. The maximum atomic E-state index is 11.5. The van der Waals surface area contributed by atoms with E-state index in [0.29, 0.717) is 17.7 Å². The zero-order chi connectivity index (χ0) is 13.8. The number of rotatable bonds is 3. The average Bonchev–Trinajstić information content (AvgIpc) is 2.37. The third kappa shape index (κ3) is 3.35. The fraction of sp³-hybridized carbons (Fsp3) is 0.333. The lowest BCUT2D eigenvalue weighted by atomic mass is 10.0. The maximum absolute atomic E-state index is 11.5. The number of cyclic esters (lactones) is 1. The number of carbonyl (C=O) groups excluding carboxylic acids is 1. The summed E-state index contributed by atoms with van der Waals surface area (Å²) >= 11 is 0. The largest absolute Gasteiger partial charge is 0.495 e. The molecule has 2 rings (SSSR count). The first kappa shape index (κ1) is 13.2. The first-order valence-corrected chi connectivity index (χ1v) is 6.16. The van der Waals surface area contributed by atoms with Crippen molar-refractivity contribution in [2.24, 2.45) is 0 Å². The molecule has 1 aliphatic heterocycles. The van der Waals surface area contributed by atoms with Crippen molar-refractivity contribution in [3.63, 3.8) is 0 Å². The van der Waals surface area contributed by atoms with E-state index in [1.165, 1.54) is 6.08 Å². The van der Waals surface area contributed by atoms with Crippen molar-refractivity contribution in [1.82, 2.24) is 0 Å². The Hall–Kier alpha value is -2.28. The van der Waals surface area contributed by atoms with Crippen LogP contribution in [-0.2, 0) is 14.3 Å². The summed E-state index contributed by atoms with van der Waals surface area (Å²) in [4.78, 5) is 11.5. The van der Waals surface area contributed by atoms with Crippen LogP contribution in [0.25, 0.3) is 0 Å². The molecule has 0 spiro atoms. The van der Waals surface area contributed by atoms with Crippen molar-refractivity contribution in [3.05, 3.63) is 47.2 Å². The van der Waals surface area contributed by atoms with Crippen LogP contribution in [-0.4, -0.2) is 12.1 Å². The van der Waals surface area contributed by atoms with E-state index in [0.717, 1.165) is 5.56 Å². The molecule has 1 aliphatic rings. The molecule has 1 atom stereocenters. The number of ether oxygens (including phenoxy) is 2. The second-order valence-corrected chi connectivity index (χ2v) is 4.64. The standard InChI is InChI=1S/C15H15NO3/c1-10(2)18-13-7-14(19-15(17)8-13)12-5-3-11(9-16)4-6-12/h3-6,8,10,14H,7H2,1-2H3. The first-order valence-electron chi connectivity index (χ1n) is 6.16. The van der Waals surface area contributed by atoms with E-state index < -0.39 is 5.97 Å². The third-order valence-corrected chi connectivity index (χ3v) is 2.72. The summed E-state index contributed by atoms with van der Waals surface area (Å²) in [5.74, 6) is 0.247. The van der Waals surface area contributed by atoms with E-state index in [-0.39, 0.29) is 12.2 Å². The molecular formula is C15H15NO3. The summed E-state index contributed by atoms with van der Waals surface area (Å²) < 4.78 is 10.8. The van der Waals surface area contributed by atoms with Crippen molar-refractivity contribution in [1.29, 1.82) is 5.26 Å². The second kappa shape index (κ2) is 5.57. The molecule has 19 heavy (non-hydrogen) atoms. The Morgan fingerprint density at radius 1 is 1.37 bits per heavy atom. The molecule has 4 heteroatoms. The van der Waals surface area contributed by atoms with Crippen molar-refractivity contribution in [2.75, 3.05) is 0 Å². The molecule has 98 valence electrons. The lowest BCUT2D eigenvalue weighted by Gasteiger charge is -2.24. The lowest BCUT2D eigenvalue weighted by molar-refractivity contribution is -0.146. The van der Waals surface area contributed by atoms with Gasteiger partial charge in [0.15, 0.2) is 0 Å². The SMILES string of the molecule is CC(C)OC1=CC(=O)OC(c2ccc(C#N)cc2)C1. The molecule has 0 saturated heterocycles. The van der Waals surface area contributed by atoms with E-state index >= 15 is 0 Å². The van der Waals surface area contributed by atoms with Gasteiger partial charge in [0, 0.05) is 6.42 Å². The van der Waals surface area contributed by atoms with Gasteiger partial charge < -0.3 is 9.47 Å². The van der Waals surface area contributed by atoms with Crippen LogP contribution in [0.15, 0.2) is 36.1 Å². The molecule has 1 heterocycles. The first-order chi connectivity index (χ1) is 9.08. The monoisotopic (exact) mass is 257 g/mol. The Morgan fingerprint density at radius 3 is 2.63 bits per heavy atom. The molecular weight excluding hydrogens is 242 g/mol. The Kier molecular flexibility index (Phi) is 3.86. The van der Waals surface area contributed by atoms with E-state index in [2.05, 4.69) is 6.07 Å². The maximum Gasteiger partial charge on any atom is 0.334 e. The van der Waals surface area contributed by atoms with Crippen molar-refractivity contribution < 1.29 is 14.3 Å². The Bertz CT molecular complexity index is 538. The van der Waals surface area contributed by atoms with Gasteiger partial charge >= 0.3 is 5.97 Å². The highest BCUT2D eigenvalue weighted by atomic mass is 16.6. The van der Waals surface area contributed by atoms with Crippen LogP contribution in [0.3, 0.4) is 0 Å². The summed E-state index contributed by atoms with van der Waals surface area (Å²) in [7, 11) is 0. The van der Waals surface area contributed by atoms with Gasteiger partial charge in [-0.2, -0.15) is 5.26 Å². The lowest BCUT2D eigenvalue weighted by Crippen LogP contribution is -2.18. The molecule has 4 nitrogen and oxygen atoms in total. The van der Waals surface area contributed by atoms with Crippen LogP contribution in [0.4, 0.5) is 0 Å². The minimum absolute atomic E-state index is 0.0266. The van der Waals surface area contributed by atoms with Gasteiger partial charge in [-0.1, -0.05) is 12.1 Å². The summed E-state index contributed by atoms with van der Waals surface area (Å²) in [5, 5.41) is 8.76. The van der Waals surface area contributed by atoms with Gasteiger partial charge in [-0.25, -0.2) is 4.79 Å². The van der Waals surface area contributed by atoms with Gasteiger partial charge in [0.2, 0.25) is 0 Å². The topological polar surface area (TPSA) is 59.3 Å². The minimum Gasteiger partial charge on any atom is -0.495 e. The second-order valence-electron chi connectivity index (χ2n) is 4.64. The number of benzene rings is 1. The molecule has 0 aliphatic carbocycles. The molecule has 1 aromatic rings. The molecule has 0 bridgehead atoms. The molecule has 0 amide bonds. The number of nitrogens with zero attached hydrogens (tertiary/aromatic N) is 1.